The second-order valence-corrected chi connectivity index (χ2v) is 6.94. The zero-order valence-electron chi connectivity index (χ0n) is 14.1. The van der Waals surface area contributed by atoms with E-state index in [1.165, 1.54) is 12.1 Å². The number of ether oxygens (including phenoxy) is 1. The molecule has 1 fully saturated rings. The third kappa shape index (κ3) is 5.39. The maximum atomic E-state index is 13.1. The van der Waals surface area contributed by atoms with Gasteiger partial charge in [-0.05, 0) is 44.9 Å². The van der Waals surface area contributed by atoms with Gasteiger partial charge < -0.3 is 15.4 Å². The van der Waals surface area contributed by atoms with Gasteiger partial charge in [-0.15, -0.1) is 0 Å². The molecule has 1 aromatic carbocycles. The maximum absolute atomic E-state index is 13.1. The summed E-state index contributed by atoms with van der Waals surface area (Å²) in [6.07, 6.45) is 0.612. The van der Waals surface area contributed by atoms with E-state index in [2.05, 4.69) is 4.90 Å². The average molecular weight is 323 g/mol. The lowest BCUT2D eigenvalue weighted by molar-refractivity contribution is 0.0257. The molecule has 1 saturated heterocycles. The van der Waals surface area contributed by atoms with Crippen LogP contribution in [-0.4, -0.2) is 47.7 Å². The Hall–Kier alpha value is -1.82. The van der Waals surface area contributed by atoms with Gasteiger partial charge in [-0.3, -0.25) is 4.90 Å². The van der Waals surface area contributed by atoms with Crippen LogP contribution in [-0.2, 0) is 11.3 Å². The van der Waals surface area contributed by atoms with E-state index in [1.54, 1.807) is 11.0 Å². The minimum absolute atomic E-state index is 0.263. The molecule has 1 aliphatic rings. The molecular weight excluding hydrogens is 297 g/mol. The molecule has 1 heterocycles. The lowest BCUT2D eigenvalue weighted by Gasteiger charge is -2.26. The number of hydrogen-bond donors (Lipinski definition) is 1. The van der Waals surface area contributed by atoms with E-state index in [1.807, 2.05) is 20.8 Å². The van der Waals surface area contributed by atoms with Gasteiger partial charge in [0.1, 0.15) is 11.4 Å². The van der Waals surface area contributed by atoms with Crippen molar-refractivity contribution in [3.63, 3.8) is 0 Å². The first-order valence-corrected chi connectivity index (χ1v) is 7.99. The highest BCUT2D eigenvalue weighted by Gasteiger charge is 2.24. The molecule has 2 rings (SSSR count). The summed E-state index contributed by atoms with van der Waals surface area (Å²) in [6, 6.07) is 4.50. The summed E-state index contributed by atoms with van der Waals surface area (Å²) in [5.74, 6) is -0.321. The van der Waals surface area contributed by atoms with Gasteiger partial charge in [-0.2, -0.15) is 0 Å². The summed E-state index contributed by atoms with van der Waals surface area (Å²) >= 11 is 0. The van der Waals surface area contributed by atoms with E-state index in [0.29, 0.717) is 25.3 Å². The van der Waals surface area contributed by atoms with Crippen LogP contribution >= 0.6 is 0 Å². The van der Waals surface area contributed by atoms with Crippen molar-refractivity contribution in [2.24, 2.45) is 0 Å². The van der Waals surface area contributed by atoms with Crippen molar-refractivity contribution >= 4 is 11.8 Å². The lowest BCUT2D eigenvalue weighted by atomic mass is 10.1. The van der Waals surface area contributed by atoms with E-state index >= 15 is 0 Å². The van der Waals surface area contributed by atoms with Gasteiger partial charge in [-0.1, -0.05) is 6.07 Å². The summed E-state index contributed by atoms with van der Waals surface area (Å²) < 4.78 is 18.5. The van der Waals surface area contributed by atoms with E-state index < -0.39 is 5.60 Å². The van der Waals surface area contributed by atoms with E-state index in [-0.39, 0.29) is 11.9 Å². The topological polar surface area (TPSA) is 58.8 Å². The fraction of sp³-hybridized carbons (Fsp3) is 0.588. The number of nitrogens with two attached hydrogens (primary N) is 1. The minimum atomic E-state index is -0.481. The maximum Gasteiger partial charge on any atom is 0.410 e. The van der Waals surface area contributed by atoms with Crippen molar-refractivity contribution in [1.29, 1.82) is 0 Å². The van der Waals surface area contributed by atoms with Crippen LogP contribution in [0.2, 0.25) is 0 Å². The number of rotatable bonds is 2. The molecule has 128 valence electrons. The molecule has 0 aliphatic carbocycles. The van der Waals surface area contributed by atoms with Gasteiger partial charge in [0.2, 0.25) is 0 Å². The Balaban J connectivity index is 1.92. The van der Waals surface area contributed by atoms with Crippen LogP contribution in [0.1, 0.15) is 32.8 Å². The normalized spacial score (nSPS) is 17.0. The number of nitrogens with zero attached hydrogens (tertiary/aromatic N) is 2. The number of amides is 1. The number of anilines is 1. The summed E-state index contributed by atoms with van der Waals surface area (Å²) in [5.41, 5.74) is 6.78. The third-order valence-electron chi connectivity index (χ3n) is 3.74. The highest BCUT2D eigenvalue weighted by Crippen LogP contribution is 2.17. The summed E-state index contributed by atoms with van der Waals surface area (Å²) in [5, 5.41) is 0. The quantitative estimate of drug-likeness (QED) is 0.850. The van der Waals surface area contributed by atoms with Crippen LogP contribution in [0.25, 0.3) is 0 Å². The fourth-order valence-electron chi connectivity index (χ4n) is 2.59. The van der Waals surface area contributed by atoms with Crippen LogP contribution in [0.3, 0.4) is 0 Å². The number of hydrogen-bond acceptors (Lipinski definition) is 4. The first kappa shape index (κ1) is 17.5. The van der Waals surface area contributed by atoms with Crippen molar-refractivity contribution in [3.8, 4) is 0 Å². The molecular formula is C17H26FN3O2. The van der Waals surface area contributed by atoms with Gasteiger partial charge in [0.15, 0.2) is 0 Å². The zero-order chi connectivity index (χ0) is 17.0. The average Bonchev–Trinajstić information content (AvgIpc) is 2.66. The molecule has 0 saturated carbocycles. The second-order valence-electron chi connectivity index (χ2n) is 6.94. The highest BCUT2D eigenvalue weighted by molar-refractivity contribution is 5.68. The Morgan fingerprint density at radius 1 is 1.26 bits per heavy atom. The first-order chi connectivity index (χ1) is 10.7. The highest BCUT2D eigenvalue weighted by atomic mass is 19.1. The number of halogens is 1. The fourth-order valence-corrected chi connectivity index (χ4v) is 2.59. The van der Waals surface area contributed by atoms with E-state index in [0.717, 1.165) is 25.1 Å². The van der Waals surface area contributed by atoms with Crippen LogP contribution in [0.4, 0.5) is 14.9 Å². The predicted molar refractivity (Wildman–Crippen MR) is 88.5 cm³/mol. The van der Waals surface area contributed by atoms with Crippen molar-refractivity contribution in [2.75, 3.05) is 31.9 Å². The lowest BCUT2D eigenvalue weighted by Crippen LogP contribution is -2.39. The predicted octanol–water partition coefficient (Wildman–Crippen LogP) is 2.85. The Bertz CT molecular complexity index is 557. The molecule has 0 unspecified atom stereocenters. The van der Waals surface area contributed by atoms with Gasteiger partial charge in [-0.25, -0.2) is 9.18 Å². The largest absolute Gasteiger partial charge is 0.444 e. The number of carbonyl (C=O) groups excluding carboxylic acids is 1. The summed E-state index contributed by atoms with van der Waals surface area (Å²) in [7, 11) is 0. The molecule has 0 aromatic heterocycles. The number of nitrogen functional groups attached to an aromatic ring is 1. The Kier molecular flexibility index (Phi) is 5.46. The van der Waals surface area contributed by atoms with Crippen LogP contribution < -0.4 is 5.73 Å². The molecule has 0 spiro atoms. The van der Waals surface area contributed by atoms with Gasteiger partial charge >= 0.3 is 6.09 Å². The number of carbonyl (C=O) groups is 1. The third-order valence-corrected chi connectivity index (χ3v) is 3.74. The van der Waals surface area contributed by atoms with Gasteiger partial charge in [0.25, 0.3) is 0 Å². The smallest absolute Gasteiger partial charge is 0.410 e. The molecule has 23 heavy (non-hydrogen) atoms. The molecule has 5 nitrogen and oxygen atoms in total. The van der Waals surface area contributed by atoms with Crippen LogP contribution in [0.15, 0.2) is 18.2 Å². The molecule has 0 bridgehead atoms. The molecule has 0 atom stereocenters. The van der Waals surface area contributed by atoms with Crippen molar-refractivity contribution in [2.45, 2.75) is 39.3 Å². The molecule has 6 heteroatoms. The van der Waals surface area contributed by atoms with E-state index in [9.17, 15) is 9.18 Å². The SMILES string of the molecule is CC(C)(C)OC(=O)N1CCCN(Cc2ccc(F)cc2N)CC1. The van der Waals surface area contributed by atoms with Crippen LogP contribution in [0, 0.1) is 5.82 Å². The Morgan fingerprint density at radius 3 is 2.65 bits per heavy atom. The number of benzene rings is 1. The van der Waals surface area contributed by atoms with E-state index in [4.69, 9.17) is 10.5 Å². The Labute approximate surface area is 137 Å². The monoisotopic (exact) mass is 323 g/mol. The zero-order valence-corrected chi connectivity index (χ0v) is 14.1. The molecule has 1 aliphatic heterocycles. The first-order valence-electron chi connectivity index (χ1n) is 7.99. The van der Waals surface area contributed by atoms with Crippen molar-refractivity contribution < 1.29 is 13.9 Å². The molecule has 1 aromatic rings. The molecule has 1 amide bonds. The van der Waals surface area contributed by atoms with Crippen molar-refractivity contribution in [3.05, 3.63) is 29.6 Å². The van der Waals surface area contributed by atoms with Crippen LogP contribution in [0.5, 0.6) is 0 Å². The van der Waals surface area contributed by atoms with Crippen molar-refractivity contribution in [1.82, 2.24) is 9.80 Å². The molecule has 0 radical (unpaired) electrons. The Morgan fingerprint density at radius 2 is 2.00 bits per heavy atom. The second kappa shape index (κ2) is 7.17. The summed E-state index contributed by atoms with van der Waals surface area (Å²) in [4.78, 5) is 16.1. The van der Waals surface area contributed by atoms with Gasteiger partial charge in [0, 0.05) is 38.4 Å². The standard InChI is InChI=1S/C17H26FN3O2/c1-17(2,3)23-16(22)21-8-4-7-20(9-10-21)12-13-5-6-14(18)11-15(13)19/h5-6,11H,4,7-10,12,19H2,1-3H3. The summed E-state index contributed by atoms with van der Waals surface area (Å²) in [6.45, 7) is 9.19. The minimum Gasteiger partial charge on any atom is -0.444 e. The van der Waals surface area contributed by atoms with Gasteiger partial charge in [0.05, 0.1) is 0 Å². The molecule has 2 N–H and O–H groups in total.